The molecule has 1 aromatic heterocycles. The SMILES string of the molecule is C[C@@H]1Cc2cc(C(O)=C3C(=O)C(=O)N(c4nccs4)[C@H]3c3ccc(Br)cc3)ccc2O1. The summed E-state index contributed by atoms with van der Waals surface area (Å²) in [5.74, 6) is -0.863. The molecule has 3 heterocycles. The van der Waals surface area contributed by atoms with Crippen LogP contribution in [0, 0.1) is 0 Å². The molecule has 156 valence electrons. The number of carbonyl (C=O) groups is 2. The molecule has 2 aromatic carbocycles. The largest absolute Gasteiger partial charge is 0.507 e. The van der Waals surface area contributed by atoms with Gasteiger partial charge in [0.25, 0.3) is 5.78 Å². The fourth-order valence-electron chi connectivity index (χ4n) is 4.05. The average molecular weight is 497 g/mol. The van der Waals surface area contributed by atoms with Crippen LogP contribution < -0.4 is 9.64 Å². The van der Waals surface area contributed by atoms with Gasteiger partial charge in [0.15, 0.2) is 5.13 Å². The van der Waals surface area contributed by atoms with Crippen LogP contribution in [0.3, 0.4) is 0 Å². The van der Waals surface area contributed by atoms with Gasteiger partial charge in [-0.25, -0.2) is 4.98 Å². The zero-order valence-electron chi connectivity index (χ0n) is 16.4. The van der Waals surface area contributed by atoms with E-state index in [0.717, 1.165) is 22.2 Å². The molecule has 1 fully saturated rings. The summed E-state index contributed by atoms with van der Waals surface area (Å²) < 4.78 is 6.61. The molecule has 2 aliphatic heterocycles. The van der Waals surface area contributed by atoms with Crippen LogP contribution in [0.5, 0.6) is 5.75 Å². The maximum absolute atomic E-state index is 13.1. The Morgan fingerprint density at radius 1 is 1.23 bits per heavy atom. The number of anilines is 1. The van der Waals surface area contributed by atoms with Crippen molar-refractivity contribution in [1.82, 2.24) is 4.98 Å². The van der Waals surface area contributed by atoms with E-state index in [2.05, 4.69) is 20.9 Å². The smallest absolute Gasteiger partial charge is 0.301 e. The highest BCUT2D eigenvalue weighted by molar-refractivity contribution is 9.10. The Bertz CT molecular complexity index is 1220. The number of hydrogen-bond donors (Lipinski definition) is 1. The zero-order chi connectivity index (χ0) is 21.7. The lowest BCUT2D eigenvalue weighted by Crippen LogP contribution is -2.29. The van der Waals surface area contributed by atoms with Crippen molar-refractivity contribution < 1.29 is 19.4 Å². The van der Waals surface area contributed by atoms with Gasteiger partial charge in [-0.15, -0.1) is 11.3 Å². The summed E-state index contributed by atoms with van der Waals surface area (Å²) in [6.45, 7) is 1.98. The van der Waals surface area contributed by atoms with Gasteiger partial charge in [-0.1, -0.05) is 28.1 Å². The van der Waals surface area contributed by atoms with E-state index in [9.17, 15) is 14.7 Å². The molecule has 8 heteroatoms. The van der Waals surface area contributed by atoms with Crippen molar-refractivity contribution in [1.29, 1.82) is 0 Å². The number of carbonyl (C=O) groups excluding carboxylic acids is 2. The van der Waals surface area contributed by atoms with E-state index >= 15 is 0 Å². The van der Waals surface area contributed by atoms with Crippen LogP contribution in [0.15, 0.2) is 64.1 Å². The number of amides is 1. The van der Waals surface area contributed by atoms with Gasteiger partial charge in [0, 0.05) is 28.0 Å². The molecule has 0 saturated carbocycles. The molecule has 1 N–H and O–H groups in total. The highest BCUT2D eigenvalue weighted by Crippen LogP contribution is 2.43. The number of aliphatic hydroxyl groups is 1. The number of ketones is 1. The van der Waals surface area contributed by atoms with Crippen LogP contribution in [0.25, 0.3) is 5.76 Å². The predicted octanol–water partition coefficient (Wildman–Crippen LogP) is 4.86. The molecule has 5 rings (SSSR count). The third kappa shape index (κ3) is 3.36. The fraction of sp³-hybridized carbons (Fsp3) is 0.174. The first-order valence-corrected chi connectivity index (χ1v) is 11.4. The monoisotopic (exact) mass is 496 g/mol. The molecule has 0 spiro atoms. The number of halogens is 1. The third-order valence-corrected chi connectivity index (χ3v) is 6.72. The molecule has 31 heavy (non-hydrogen) atoms. The Balaban J connectivity index is 1.68. The number of fused-ring (bicyclic) bond motifs is 1. The Morgan fingerprint density at radius 3 is 2.71 bits per heavy atom. The van der Waals surface area contributed by atoms with Gasteiger partial charge in [0.05, 0.1) is 11.6 Å². The second-order valence-corrected chi connectivity index (χ2v) is 9.28. The van der Waals surface area contributed by atoms with Crippen LogP contribution in [0.2, 0.25) is 0 Å². The van der Waals surface area contributed by atoms with E-state index in [1.807, 2.05) is 37.3 Å². The van der Waals surface area contributed by atoms with E-state index in [4.69, 9.17) is 4.74 Å². The van der Waals surface area contributed by atoms with Crippen molar-refractivity contribution in [2.45, 2.75) is 25.5 Å². The van der Waals surface area contributed by atoms with Crippen molar-refractivity contribution in [3.8, 4) is 5.75 Å². The Labute approximate surface area is 190 Å². The molecular formula is C23H17BrN2O4S. The van der Waals surface area contributed by atoms with Gasteiger partial charge in [-0.2, -0.15) is 0 Å². The summed E-state index contributed by atoms with van der Waals surface area (Å²) in [7, 11) is 0. The molecule has 3 aromatic rings. The molecule has 6 nitrogen and oxygen atoms in total. The summed E-state index contributed by atoms with van der Waals surface area (Å²) >= 11 is 4.68. The molecule has 0 aliphatic carbocycles. The number of rotatable bonds is 3. The highest BCUT2D eigenvalue weighted by Gasteiger charge is 2.48. The van der Waals surface area contributed by atoms with E-state index in [1.165, 1.54) is 16.2 Å². The number of aromatic nitrogens is 1. The maximum Gasteiger partial charge on any atom is 0.301 e. The van der Waals surface area contributed by atoms with Gasteiger partial charge >= 0.3 is 5.91 Å². The lowest BCUT2D eigenvalue weighted by molar-refractivity contribution is -0.132. The quantitative estimate of drug-likeness (QED) is 0.318. The summed E-state index contributed by atoms with van der Waals surface area (Å²) in [5.41, 5.74) is 2.20. The van der Waals surface area contributed by atoms with Crippen molar-refractivity contribution in [3.05, 3.63) is 80.8 Å². The van der Waals surface area contributed by atoms with Gasteiger partial charge in [0.2, 0.25) is 0 Å². The first-order valence-electron chi connectivity index (χ1n) is 9.70. The fourth-order valence-corrected chi connectivity index (χ4v) is 4.98. The maximum atomic E-state index is 13.1. The van der Waals surface area contributed by atoms with Gasteiger partial charge < -0.3 is 9.84 Å². The number of ether oxygens (including phenoxy) is 1. The number of benzene rings is 2. The number of aliphatic hydroxyl groups excluding tert-OH is 1. The Morgan fingerprint density at radius 2 is 2.00 bits per heavy atom. The zero-order valence-corrected chi connectivity index (χ0v) is 18.8. The standard InChI is InChI=1S/C23H17BrN2O4S/c1-12-10-15-11-14(4-7-17(15)30-12)20(27)18-19(13-2-5-16(24)6-3-13)26(22(29)21(18)28)23-25-8-9-31-23/h2-9,11-12,19,27H,10H2,1H3/t12-,19+/m1/s1. The first kappa shape index (κ1) is 20.0. The average Bonchev–Trinajstić information content (AvgIpc) is 3.46. The lowest BCUT2D eigenvalue weighted by Gasteiger charge is -2.23. The van der Waals surface area contributed by atoms with E-state index < -0.39 is 17.7 Å². The van der Waals surface area contributed by atoms with Crippen LogP contribution in [-0.2, 0) is 16.0 Å². The Hall–Kier alpha value is -2.97. The first-order chi connectivity index (χ1) is 14.9. The topological polar surface area (TPSA) is 79.7 Å². The summed E-state index contributed by atoms with van der Waals surface area (Å²) in [6.07, 6.45) is 2.37. The second-order valence-electron chi connectivity index (χ2n) is 7.49. The van der Waals surface area contributed by atoms with E-state index in [1.54, 1.807) is 23.7 Å². The number of hydrogen-bond acceptors (Lipinski definition) is 6. The van der Waals surface area contributed by atoms with Gasteiger partial charge in [0.1, 0.15) is 17.6 Å². The van der Waals surface area contributed by atoms with Crippen molar-refractivity contribution in [2.75, 3.05) is 4.90 Å². The number of thiazole rings is 1. The van der Waals surface area contributed by atoms with Gasteiger partial charge in [-0.05, 0) is 48.4 Å². The molecular weight excluding hydrogens is 480 g/mol. The molecule has 1 saturated heterocycles. The highest BCUT2D eigenvalue weighted by atomic mass is 79.9. The lowest BCUT2D eigenvalue weighted by atomic mass is 9.94. The van der Waals surface area contributed by atoms with Gasteiger partial charge in [-0.3, -0.25) is 14.5 Å². The molecule has 0 bridgehead atoms. The number of Topliss-reactive ketones (excluding diaryl/α,β-unsaturated/α-hetero) is 1. The van der Waals surface area contributed by atoms with Crippen molar-refractivity contribution >= 4 is 49.8 Å². The number of nitrogens with zero attached hydrogens (tertiary/aromatic N) is 2. The normalized spacial score (nSPS) is 21.9. The van der Waals surface area contributed by atoms with Crippen LogP contribution in [0.4, 0.5) is 5.13 Å². The summed E-state index contributed by atoms with van der Waals surface area (Å²) in [5, 5.41) is 13.4. The van der Waals surface area contributed by atoms with Crippen LogP contribution >= 0.6 is 27.3 Å². The minimum Gasteiger partial charge on any atom is -0.507 e. The van der Waals surface area contributed by atoms with Crippen LogP contribution in [-0.4, -0.2) is 27.9 Å². The summed E-state index contributed by atoms with van der Waals surface area (Å²) in [4.78, 5) is 31.7. The minimum absolute atomic E-state index is 0.0504. The van der Waals surface area contributed by atoms with Crippen molar-refractivity contribution in [3.63, 3.8) is 0 Å². The van der Waals surface area contributed by atoms with E-state index in [0.29, 0.717) is 16.3 Å². The molecule has 0 unspecified atom stereocenters. The molecule has 2 aliphatic rings. The van der Waals surface area contributed by atoms with Crippen molar-refractivity contribution in [2.24, 2.45) is 0 Å². The molecule has 1 amide bonds. The minimum atomic E-state index is -0.775. The summed E-state index contributed by atoms with van der Waals surface area (Å²) in [6, 6.07) is 11.9. The Kier molecular flexibility index (Phi) is 4.91. The molecule has 0 radical (unpaired) electrons. The predicted molar refractivity (Wildman–Crippen MR) is 121 cm³/mol. The van der Waals surface area contributed by atoms with E-state index in [-0.39, 0.29) is 17.4 Å². The second kappa shape index (κ2) is 7.62. The molecule has 2 atom stereocenters. The third-order valence-electron chi connectivity index (χ3n) is 5.42. The van der Waals surface area contributed by atoms with Crippen LogP contribution in [0.1, 0.15) is 29.7 Å².